The number of benzene rings is 2. The number of thiophene rings is 1. The normalized spacial score (nSPS) is 10.4. The number of esters is 1. The molecular formula is C23H22N2O5S. The number of nitrogens with two attached hydrogens (primary N) is 1. The van der Waals surface area contributed by atoms with E-state index >= 15 is 0 Å². The van der Waals surface area contributed by atoms with Crippen LogP contribution in [-0.2, 0) is 11.3 Å². The molecule has 0 bridgehead atoms. The Bertz CT molecular complexity index is 1090. The molecule has 0 radical (unpaired) electrons. The van der Waals surface area contributed by atoms with Crippen molar-refractivity contribution in [2.75, 3.05) is 11.9 Å². The van der Waals surface area contributed by atoms with Gasteiger partial charge in [-0.1, -0.05) is 30.3 Å². The highest BCUT2D eigenvalue weighted by molar-refractivity contribution is 7.18. The second-order valence-corrected chi connectivity index (χ2v) is 7.62. The van der Waals surface area contributed by atoms with Crippen molar-refractivity contribution in [3.8, 4) is 5.75 Å². The molecule has 0 aliphatic carbocycles. The van der Waals surface area contributed by atoms with Gasteiger partial charge in [-0.3, -0.25) is 9.59 Å². The van der Waals surface area contributed by atoms with Gasteiger partial charge < -0.3 is 20.5 Å². The minimum absolute atomic E-state index is 0.136. The molecule has 2 amide bonds. The Morgan fingerprint density at radius 2 is 1.71 bits per heavy atom. The summed E-state index contributed by atoms with van der Waals surface area (Å²) in [6.45, 7) is 3.85. The quantitative estimate of drug-likeness (QED) is 0.514. The number of carbonyl (C=O) groups is 3. The second kappa shape index (κ2) is 9.90. The molecule has 160 valence electrons. The Morgan fingerprint density at radius 3 is 2.32 bits per heavy atom. The maximum absolute atomic E-state index is 12.7. The average molecular weight is 439 g/mol. The van der Waals surface area contributed by atoms with Gasteiger partial charge in [0.2, 0.25) is 0 Å². The van der Waals surface area contributed by atoms with Crippen LogP contribution in [0.15, 0.2) is 54.6 Å². The maximum Gasteiger partial charge on any atom is 0.341 e. The van der Waals surface area contributed by atoms with E-state index in [4.69, 9.17) is 15.2 Å². The lowest BCUT2D eigenvalue weighted by Crippen LogP contribution is -2.15. The molecule has 0 fully saturated rings. The first-order valence-corrected chi connectivity index (χ1v) is 10.4. The topological polar surface area (TPSA) is 108 Å². The van der Waals surface area contributed by atoms with E-state index in [0.29, 0.717) is 23.5 Å². The molecule has 31 heavy (non-hydrogen) atoms. The summed E-state index contributed by atoms with van der Waals surface area (Å²) >= 11 is 0.948. The lowest BCUT2D eigenvalue weighted by Gasteiger charge is -2.09. The molecule has 2 aromatic carbocycles. The predicted molar refractivity (Wildman–Crippen MR) is 119 cm³/mol. The first-order chi connectivity index (χ1) is 14.9. The number of hydrogen-bond acceptors (Lipinski definition) is 6. The summed E-state index contributed by atoms with van der Waals surface area (Å²) in [5, 5.41) is 2.91. The molecule has 0 saturated carbocycles. The Hall–Kier alpha value is -3.65. The van der Waals surface area contributed by atoms with Gasteiger partial charge in [-0.2, -0.15) is 0 Å². The number of primary amides is 1. The van der Waals surface area contributed by atoms with Crippen molar-refractivity contribution in [2.45, 2.75) is 20.5 Å². The molecule has 8 heteroatoms. The van der Waals surface area contributed by atoms with Crippen molar-refractivity contribution in [3.63, 3.8) is 0 Å². The van der Waals surface area contributed by atoms with Gasteiger partial charge in [0.25, 0.3) is 11.8 Å². The van der Waals surface area contributed by atoms with E-state index in [-0.39, 0.29) is 22.0 Å². The second-order valence-electron chi connectivity index (χ2n) is 6.60. The maximum atomic E-state index is 12.7. The van der Waals surface area contributed by atoms with Crippen molar-refractivity contribution in [1.82, 2.24) is 0 Å². The Kier molecular flexibility index (Phi) is 7.04. The first-order valence-electron chi connectivity index (χ1n) is 9.59. The molecule has 0 spiro atoms. The summed E-state index contributed by atoms with van der Waals surface area (Å²) in [6, 6.07) is 16.4. The highest BCUT2D eigenvalue weighted by Gasteiger charge is 2.25. The average Bonchev–Trinajstić information content (AvgIpc) is 3.09. The Balaban J connectivity index is 1.74. The molecule has 0 aliphatic heterocycles. The number of nitrogens with one attached hydrogen (secondary N) is 1. The lowest BCUT2D eigenvalue weighted by atomic mass is 10.1. The van der Waals surface area contributed by atoms with Crippen molar-refractivity contribution >= 4 is 34.1 Å². The summed E-state index contributed by atoms with van der Waals surface area (Å²) in [7, 11) is 0. The third-order valence-corrected chi connectivity index (χ3v) is 5.66. The largest absolute Gasteiger partial charge is 0.489 e. The van der Waals surface area contributed by atoms with Crippen molar-refractivity contribution < 1.29 is 23.9 Å². The summed E-state index contributed by atoms with van der Waals surface area (Å²) in [5.41, 5.74) is 7.32. The Labute approximate surface area is 183 Å². The summed E-state index contributed by atoms with van der Waals surface area (Å²) in [5.74, 6) is -1.11. The smallest absolute Gasteiger partial charge is 0.341 e. The van der Waals surface area contributed by atoms with Gasteiger partial charge in [0.05, 0.1) is 17.0 Å². The van der Waals surface area contributed by atoms with E-state index < -0.39 is 17.8 Å². The summed E-state index contributed by atoms with van der Waals surface area (Å²) in [6.07, 6.45) is 0. The highest BCUT2D eigenvalue weighted by Crippen LogP contribution is 2.34. The molecule has 3 aromatic rings. The molecule has 0 unspecified atom stereocenters. The van der Waals surface area contributed by atoms with Crippen molar-refractivity contribution in [3.05, 3.63) is 81.7 Å². The fourth-order valence-corrected chi connectivity index (χ4v) is 3.95. The van der Waals surface area contributed by atoms with Gasteiger partial charge in [-0.25, -0.2) is 4.79 Å². The molecule has 1 heterocycles. The fraction of sp³-hybridized carbons (Fsp3) is 0.174. The molecule has 0 aliphatic rings. The number of rotatable bonds is 8. The number of carbonyl (C=O) groups excluding carboxylic acids is 3. The van der Waals surface area contributed by atoms with E-state index in [1.54, 1.807) is 38.1 Å². The number of amides is 2. The molecule has 0 saturated heterocycles. The predicted octanol–water partition coefficient (Wildman–Crippen LogP) is 4.16. The zero-order valence-electron chi connectivity index (χ0n) is 17.1. The van der Waals surface area contributed by atoms with Crippen LogP contribution in [0.1, 0.15) is 48.4 Å². The molecule has 3 N–H and O–H groups in total. The molecule has 3 rings (SSSR count). The van der Waals surface area contributed by atoms with Gasteiger partial charge in [0, 0.05) is 5.56 Å². The van der Waals surface area contributed by atoms with Crippen LogP contribution in [0.2, 0.25) is 0 Å². The zero-order chi connectivity index (χ0) is 22.4. The number of anilines is 1. The van der Waals surface area contributed by atoms with Gasteiger partial charge >= 0.3 is 5.97 Å². The van der Waals surface area contributed by atoms with Crippen LogP contribution in [0, 0.1) is 6.92 Å². The van der Waals surface area contributed by atoms with E-state index in [1.165, 1.54) is 0 Å². The van der Waals surface area contributed by atoms with Crippen LogP contribution >= 0.6 is 11.3 Å². The van der Waals surface area contributed by atoms with E-state index in [9.17, 15) is 14.4 Å². The minimum Gasteiger partial charge on any atom is -0.489 e. The standard InChI is InChI=1S/C23H22N2O5S/c1-3-29-23(28)18-14(2)19(20(24)26)31-22(18)25-21(27)16-9-11-17(12-10-16)30-13-15-7-5-4-6-8-15/h4-12H,3,13H2,1-2H3,(H2,24,26)(H,25,27). The number of hydrogen-bond donors (Lipinski definition) is 2. The van der Waals surface area contributed by atoms with Crippen LogP contribution < -0.4 is 15.8 Å². The molecular weight excluding hydrogens is 416 g/mol. The third-order valence-electron chi connectivity index (χ3n) is 4.44. The monoisotopic (exact) mass is 438 g/mol. The van der Waals surface area contributed by atoms with E-state index in [2.05, 4.69) is 5.32 Å². The van der Waals surface area contributed by atoms with Crippen molar-refractivity contribution in [2.24, 2.45) is 5.73 Å². The zero-order valence-corrected chi connectivity index (χ0v) is 18.0. The van der Waals surface area contributed by atoms with E-state index in [0.717, 1.165) is 16.9 Å². The van der Waals surface area contributed by atoms with Crippen LogP contribution in [0.4, 0.5) is 5.00 Å². The molecule has 7 nitrogen and oxygen atoms in total. The minimum atomic E-state index is -0.673. The molecule has 1 aromatic heterocycles. The lowest BCUT2D eigenvalue weighted by molar-refractivity contribution is 0.0527. The van der Waals surface area contributed by atoms with Crippen molar-refractivity contribution in [1.29, 1.82) is 0 Å². The third kappa shape index (κ3) is 5.29. The number of ether oxygens (including phenoxy) is 2. The summed E-state index contributed by atoms with van der Waals surface area (Å²) in [4.78, 5) is 36.9. The van der Waals surface area contributed by atoms with Crippen LogP contribution in [-0.4, -0.2) is 24.4 Å². The van der Waals surface area contributed by atoms with Gasteiger partial charge in [0.1, 0.15) is 17.4 Å². The van der Waals surface area contributed by atoms with Gasteiger partial charge in [-0.15, -0.1) is 11.3 Å². The van der Waals surface area contributed by atoms with Crippen LogP contribution in [0.25, 0.3) is 0 Å². The summed E-state index contributed by atoms with van der Waals surface area (Å²) < 4.78 is 10.8. The Morgan fingerprint density at radius 1 is 1.03 bits per heavy atom. The van der Waals surface area contributed by atoms with Gasteiger partial charge in [-0.05, 0) is 49.2 Å². The van der Waals surface area contributed by atoms with E-state index in [1.807, 2.05) is 30.3 Å². The van der Waals surface area contributed by atoms with Crippen LogP contribution in [0.5, 0.6) is 5.75 Å². The fourth-order valence-electron chi connectivity index (χ4n) is 2.90. The van der Waals surface area contributed by atoms with Crippen LogP contribution in [0.3, 0.4) is 0 Å². The first kappa shape index (κ1) is 22.0. The SMILES string of the molecule is CCOC(=O)c1c(NC(=O)c2ccc(OCc3ccccc3)cc2)sc(C(N)=O)c1C. The van der Waals surface area contributed by atoms with Gasteiger partial charge in [0.15, 0.2) is 0 Å². The molecule has 0 atom stereocenters. The highest BCUT2D eigenvalue weighted by atomic mass is 32.1.